The summed E-state index contributed by atoms with van der Waals surface area (Å²) in [5, 5.41) is 6.96. The van der Waals surface area contributed by atoms with Crippen molar-refractivity contribution in [1.29, 1.82) is 0 Å². The standard InChI is InChI=1S/C27H34BrN2O4P/c1-20(2)15-23-8-6-21(17-26(23)28)5-3-12-30-27-9-7-22(16-25(27)24-10-14-33-19-24)18-29-11-4-13-34-35(31)32/h6-10,14,16-17,19-20,29-30H,3-5,11-13,15,18H2,1-2H3/p+1. The highest BCUT2D eigenvalue weighted by molar-refractivity contribution is 9.10. The Morgan fingerprint density at radius 1 is 1.09 bits per heavy atom. The number of benzene rings is 2. The van der Waals surface area contributed by atoms with Crippen LogP contribution in [-0.2, 0) is 28.5 Å². The summed E-state index contributed by atoms with van der Waals surface area (Å²) in [5.41, 5.74) is 7.12. The minimum atomic E-state index is -2.52. The van der Waals surface area contributed by atoms with E-state index in [9.17, 15) is 4.57 Å². The molecule has 0 aliphatic carbocycles. The second-order valence-electron chi connectivity index (χ2n) is 9.05. The highest BCUT2D eigenvalue weighted by Gasteiger charge is 2.11. The lowest BCUT2D eigenvalue weighted by Crippen LogP contribution is -2.16. The highest BCUT2D eigenvalue weighted by atomic mass is 79.9. The maximum Gasteiger partial charge on any atom is 0.694 e. The molecule has 0 saturated heterocycles. The zero-order valence-electron chi connectivity index (χ0n) is 20.4. The van der Waals surface area contributed by atoms with E-state index < -0.39 is 8.25 Å². The minimum absolute atomic E-state index is 0.265. The van der Waals surface area contributed by atoms with Crippen LogP contribution in [0, 0.1) is 5.92 Å². The molecule has 0 radical (unpaired) electrons. The van der Waals surface area contributed by atoms with Gasteiger partial charge in [0.2, 0.25) is 0 Å². The summed E-state index contributed by atoms with van der Waals surface area (Å²) in [7, 11) is -2.52. The summed E-state index contributed by atoms with van der Waals surface area (Å²) in [6.07, 6.45) is 7.27. The Labute approximate surface area is 217 Å². The Bertz CT molecular complexity index is 1070. The Morgan fingerprint density at radius 3 is 2.63 bits per heavy atom. The molecule has 8 heteroatoms. The van der Waals surface area contributed by atoms with Gasteiger partial charge in [-0.1, -0.05) is 48.0 Å². The van der Waals surface area contributed by atoms with Crippen molar-refractivity contribution in [2.75, 3.05) is 25.0 Å². The van der Waals surface area contributed by atoms with Crippen LogP contribution < -0.4 is 10.6 Å². The van der Waals surface area contributed by atoms with Crippen molar-refractivity contribution >= 4 is 29.9 Å². The van der Waals surface area contributed by atoms with Gasteiger partial charge in [0, 0.05) is 38.9 Å². The molecular weight excluding hydrogens is 527 g/mol. The first-order valence-electron chi connectivity index (χ1n) is 12.1. The summed E-state index contributed by atoms with van der Waals surface area (Å²) in [6.45, 7) is 7.04. The third kappa shape index (κ3) is 9.51. The number of furan rings is 1. The van der Waals surface area contributed by atoms with Crippen LogP contribution in [0.1, 0.15) is 43.4 Å². The molecule has 3 N–H and O–H groups in total. The Morgan fingerprint density at radius 2 is 1.91 bits per heavy atom. The molecule has 35 heavy (non-hydrogen) atoms. The average Bonchev–Trinajstić information content (AvgIpc) is 3.35. The number of hydrogen-bond acceptors (Lipinski definition) is 5. The largest absolute Gasteiger partial charge is 0.694 e. The third-order valence-corrected chi connectivity index (χ3v) is 6.79. The van der Waals surface area contributed by atoms with Crippen molar-refractivity contribution in [2.45, 2.75) is 46.1 Å². The smallest absolute Gasteiger partial charge is 0.472 e. The number of anilines is 1. The normalized spacial score (nSPS) is 11.7. The van der Waals surface area contributed by atoms with E-state index in [1.807, 2.05) is 6.07 Å². The summed E-state index contributed by atoms with van der Waals surface area (Å²) in [6, 6.07) is 15.1. The molecule has 0 fully saturated rings. The predicted octanol–water partition coefficient (Wildman–Crippen LogP) is 7.10. The van der Waals surface area contributed by atoms with Crippen molar-refractivity contribution in [2.24, 2.45) is 5.92 Å². The van der Waals surface area contributed by atoms with Crippen molar-refractivity contribution in [3.63, 3.8) is 0 Å². The molecule has 0 bridgehead atoms. The second kappa shape index (κ2) is 14.5. The molecule has 3 aromatic rings. The van der Waals surface area contributed by atoms with Crippen LogP contribution in [0.4, 0.5) is 5.69 Å². The topological polar surface area (TPSA) is 83.7 Å². The van der Waals surface area contributed by atoms with E-state index in [0.717, 1.165) is 48.2 Å². The summed E-state index contributed by atoms with van der Waals surface area (Å²) in [5.74, 6) is 0.646. The zero-order valence-corrected chi connectivity index (χ0v) is 22.9. The van der Waals surface area contributed by atoms with Gasteiger partial charge in [0.15, 0.2) is 0 Å². The van der Waals surface area contributed by atoms with Gasteiger partial charge in [0.25, 0.3) is 0 Å². The van der Waals surface area contributed by atoms with Gasteiger partial charge in [-0.15, -0.1) is 9.42 Å². The van der Waals surface area contributed by atoms with E-state index in [1.54, 1.807) is 12.5 Å². The summed E-state index contributed by atoms with van der Waals surface area (Å²) >= 11 is 3.74. The average molecular weight is 562 g/mol. The van der Waals surface area contributed by atoms with Gasteiger partial charge in [0.1, 0.15) is 6.61 Å². The minimum Gasteiger partial charge on any atom is -0.472 e. The fraction of sp³-hybridized carbons (Fsp3) is 0.407. The Hall–Kier alpha value is -2.02. The zero-order chi connectivity index (χ0) is 25.0. The first-order valence-corrected chi connectivity index (χ1v) is 14.0. The second-order valence-corrected chi connectivity index (χ2v) is 10.6. The van der Waals surface area contributed by atoms with E-state index in [4.69, 9.17) is 9.31 Å². The molecule has 6 nitrogen and oxygen atoms in total. The number of halogens is 1. The molecule has 2 aromatic carbocycles. The molecule has 1 unspecified atom stereocenters. The van der Waals surface area contributed by atoms with Crippen LogP contribution in [0.5, 0.6) is 0 Å². The van der Waals surface area contributed by atoms with E-state index in [0.29, 0.717) is 25.4 Å². The van der Waals surface area contributed by atoms with Gasteiger partial charge in [-0.05, 0) is 79.1 Å². The first kappa shape index (κ1) is 27.6. The van der Waals surface area contributed by atoms with E-state index in [-0.39, 0.29) is 6.61 Å². The van der Waals surface area contributed by atoms with Crippen LogP contribution in [-0.4, -0.2) is 24.6 Å². The van der Waals surface area contributed by atoms with Gasteiger partial charge in [-0.2, -0.15) is 0 Å². The highest BCUT2D eigenvalue weighted by Crippen LogP contribution is 2.30. The predicted molar refractivity (Wildman–Crippen MR) is 146 cm³/mol. The lowest BCUT2D eigenvalue weighted by Gasteiger charge is -2.14. The van der Waals surface area contributed by atoms with Gasteiger partial charge < -0.3 is 15.1 Å². The molecule has 0 saturated carbocycles. The molecule has 188 valence electrons. The summed E-state index contributed by atoms with van der Waals surface area (Å²) in [4.78, 5) is 8.67. The molecule has 0 amide bonds. The number of hydrogen-bond donors (Lipinski definition) is 3. The fourth-order valence-corrected chi connectivity index (χ4v) is 4.83. The van der Waals surface area contributed by atoms with Crippen LogP contribution in [0.3, 0.4) is 0 Å². The summed E-state index contributed by atoms with van der Waals surface area (Å²) < 4.78 is 21.8. The van der Waals surface area contributed by atoms with Crippen LogP contribution >= 0.6 is 24.2 Å². The molecule has 1 heterocycles. The van der Waals surface area contributed by atoms with Crippen molar-refractivity contribution in [3.05, 3.63) is 76.2 Å². The lowest BCUT2D eigenvalue weighted by molar-refractivity contribution is 0.276. The maximum absolute atomic E-state index is 10.5. The van der Waals surface area contributed by atoms with E-state index in [1.165, 1.54) is 15.6 Å². The fourth-order valence-electron chi connectivity index (χ4n) is 3.95. The van der Waals surface area contributed by atoms with Crippen LogP contribution in [0.2, 0.25) is 0 Å². The van der Waals surface area contributed by atoms with Crippen molar-refractivity contribution in [3.8, 4) is 11.1 Å². The number of aryl methyl sites for hydroxylation is 1. The van der Waals surface area contributed by atoms with Gasteiger partial charge in [0.05, 0.1) is 12.5 Å². The lowest BCUT2D eigenvalue weighted by atomic mass is 10.0. The monoisotopic (exact) mass is 561 g/mol. The first-order chi connectivity index (χ1) is 16.9. The quantitative estimate of drug-likeness (QED) is 0.135. The Balaban J connectivity index is 1.53. The van der Waals surface area contributed by atoms with E-state index in [2.05, 4.69) is 81.3 Å². The van der Waals surface area contributed by atoms with Gasteiger partial charge in [-0.3, -0.25) is 0 Å². The maximum atomic E-state index is 10.5. The van der Waals surface area contributed by atoms with Crippen LogP contribution in [0.25, 0.3) is 11.1 Å². The molecule has 0 spiro atoms. The molecular formula is C27H35BrN2O4P+. The number of rotatable bonds is 15. The Kier molecular flexibility index (Phi) is 11.4. The third-order valence-electron chi connectivity index (χ3n) is 5.65. The SMILES string of the molecule is CC(C)Cc1ccc(CCCNc2ccc(CNCCCO[P+](=O)O)cc2-c2ccoc2)cc1Br. The number of nitrogens with one attached hydrogen (secondary N) is 2. The van der Waals surface area contributed by atoms with Crippen molar-refractivity contribution < 1.29 is 18.4 Å². The molecule has 3 rings (SSSR count). The van der Waals surface area contributed by atoms with Crippen molar-refractivity contribution in [1.82, 2.24) is 5.32 Å². The molecule has 0 aliphatic rings. The molecule has 0 aliphatic heterocycles. The van der Waals surface area contributed by atoms with E-state index >= 15 is 0 Å². The molecule has 1 aromatic heterocycles. The van der Waals surface area contributed by atoms with Crippen LogP contribution in [0.15, 0.2) is 63.9 Å². The van der Waals surface area contributed by atoms with Gasteiger partial charge in [-0.25, -0.2) is 0 Å². The molecule has 1 atom stereocenters. The van der Waals surface area contributed by atoms with Gasteiger partial charge >= 0.3 is 8.25 Å².